The molecule has 10 heteroatoms. The first-order valence-corrected chi connectivity index (χ1v) is 11.0. The van der Waals surface area contributed by atoms with Crippen LogP contribution in [0.2, 0.25) is 0 Å². The number of hydrogen-bond donors (Lipinski definition) is 3. The van der Waals surface area contributed by atoms with E-state index in [2.05, 4.69) is 39.9 Å². The zero-order valence-electron chi connectivity index (χ0n) is 19.3. The predicted octanol–water partition coefficient (Wildman–Crippen LogP) is 3.36. The summed E-state index contributed by atoms with van der Waals surface area (Å²) in [7, 11) is 0. The summed E-state index contributed by atoms with van der Waals surface area (Å²) < 4.78 is 5.42. The second kappa shape index (κ2) is 12.9. The molecule has 31 heavy (non-hydrogen) atoms. The van der Waals surface area contributed by atoms with Gasteiger partial charge in [-0.15, -0.1) is 24.0 Å². The van der Waals surface area contributed by atoms with E-state index in [4.69, 9.17) is 4.52 Å². The highest BCUT2D eigenvalue weighted by molar-refractivity contribution is 14.0. The van der Waals surface area contributed by atoms with Crippen molar-refractivity contribution in [3.63, 3.8) is 0 Å². The highest BCUT2D eigenvalue weighted by atomic mass is 127. The second-order valence-electron chi connectivity index (χ2n) is 7.78. The van der Waals surface area contributed by atoms with Crippen LogP contribution in [-0.4, -0.2) is 53.1 Å². The van der Waals surface area contributed by atoms with Gasteiger partial charge in [-0.1, -0.05) is 25.9 Å². The van der Waals surface area contributed by atoms with Crippen LogP contribution in [0.3, 0.4) is 0 Å². The van der Waals surface area contributed by atoms with Crippen molar-refractivity contribution in [1.29, 1.82) is 0 Å². The van der Waals surface area contributed by atoms with Crippen LogP contribution in [0.1, 0.15) is 77.7 Å². The van der Waals surface area contributed by atoms with Gasteiger partial charge < -0.3 is 20.5 Å². The second-order valence-corrected chi connectivity index (χ2v) is 7.78. The molecule has 3 amide bonds. The Morgan fingerprint density at radius 1 is 1.26 bits per heavy atom. The molecule has 1 aromatic rings. The maximum atomic E-state index is 12.4. The van der Waals surface area contributed by atoms with Gasteiger partial charge in [0, 0.05) is 31.6 Å². The van der Waals surface area contributed by atoms with Crippen molar-refractivity contribution in [1.82, 2.24) is 26.0 Å². The van der Waals surface area contributed by atoms with Crippen LogP contribution in [-0.2, 0) is 11.3 Å². The molecule has 176 valence electrons. The maximum Gasteiger partial charge on any atom is 0.325 e. The number of rotatable bonds is 11. The third kappa shape index (κ3) is 7.08. The van der Waals surface area contributed by atoms with Crippen LogP contribution in [0, 0.1) is 0 Å². The molecule has 0 spiro atoms. The standard InChI is InChI=1S/C21H36N6O3.HI/c1-6-15(7-2)17-13-16(30-26-17)14-24-19(22-9-4)23-11-10-12-27-18(28)21(5,8-3)25-20(27)29;/h13,15H,6-12,14H2,1-5H3,(H,25,29)(H2,22,23,24);1H. The first-order chi connectivity index (χ1) is 14.4. The Morgan fingerprint density at radius 3 is 2.55 bits per heavy atom. The first kappa shape index (κ1) is 27.2. The SMILES string of the molecule is CCNC(=NCc1cc(C(CC)CC)no1)NCCCN1C(=O)NC(C)(CC)C1=O.I. The van der Waals surface area contributed by atoms with Gasteiger partial charge in [-0.3, -0.25) is 9.69 Å². The molecule has 0 aliphatic carbocycles. The third-order valence-electron chi connectivity index (χ3n) is 5.62. The van der Waals surface area contributed by atoms with Crippen LogP contribution in [0.25, 0.3) is 0 Å². The van der Waals surface area contributed by atoms with Crippen molar-refractivity contribution < 1.29 is 14.1 Å². The zero-order chi connectivity index (χ0) is 22.1. The average Bonchev–Trinajstić information content (AvgIpc) is 3.28. The average molecular weight is 548 g/mol. The minimum atomic E-state index is -0.786. The number of imide groups is 1. The lowest BCUT2D eigenvalue weighted by molar-refractivity contribution is -0.130. The number of hydrogen-bond acceptors (Lipinski definition) is 5. The van der Waals surface area contributed by atoms with Gasteiger partial charge in [-0.25, -0.2) is 9.79 Å². The molecule has 1 aliphatic rings. The first-order valence-electron chi connectivity index (χ1n) is 11.0. The largest absolute Gasteiger partial charge is 0.359 e. The molecule has 1 fully saturated rings. The Hall–Kier alpha value is -1.85. The fourth-order valence-electron chi connectivity index (χ4n) is 3.44. The van der Waals surface area contributed by atoms with Crippen LogP contribution in [0.15, 0.2) is 15.6 Å². The van der Waals surface area contributed by atoms with Crippen molar-refractivity contribution in [3.05, 3.63) is 17.5 Å². The van der Waals surface area contributed by atoms with E-state index in [-0.39, 0.29) is 35.9 Å². The molecule has 1 saturated heterocycles. The van der Waals surface area contributed by atoms with Gasteiger partial charge in [0.15, 0.2) is 11.7 Å². The highest BCUT2D eigenvalue weighted by Crippen LogP contribution is 2.23. The lowest BCUT2D eigenvalue weighted by atomic mass is 9.99. The van der Waals surface area contributed by atoms with E-state index in [1.165, 1.54) is 4.90 Å². The van der Waals surface area contributed by atoms with E-state index < -0.39 is 5.54 Å². The summed E-state index contributed by atoms with van der Waals surface area (Å²) in [5.41, 5.74) is 0.196. The zero-order valence-corrected chi connectivity index (χ0v) is 21.6. The number of halogens is 1. The Balaban J connectivity index is 0.00000480. The molecule has 1 aromatic heterocycles. The number of amides is 3. The van der Waals surface area contributed by atoms with E-state index in [9.17, 15) is 9.59 Å². The summed E-state index contributed by atoms with van der Waals surface area (Å²) >= 11 is 0. The molecule has 0 bridgehead atoms. The van der Waals surface area contributed by atoms with Crippen molar-refractivity contribution >= 4 is 41.9 Å². The molecule has 1 aliphatic heterocycles. The van der Waals surface area contributed by atoms with Crippen molar-refractivity contribution in [2.75, 3.05) is 19.6 Å². The van der Waals surface area contributed by atoms with Gasteiger partial charge in [-0.05, 0) is 39.5 Å². The van der Waals surface area contributed by atoms with E-state index in [0.29, 0.717) is 44.4 Å². The molecule has 0 saturated carbocycles. The number of nitrogens with one attached hydrogen (secondary N) is 3. The van der Waals surface area contributed by atoms with Crippen LogP contribution in [0.5, 0.6) is 0 Å². The topological polar surface area (TPSA) is 112 Å². The Kier molecular flexibility index (Phi) is 11.3. The molecule has 1 atom stereocenters. The minimum Gasteiger partial charge on any atom is -0.359 e. The highest BCUT2D eigenvalue weighted by Gasteiger charge is 2.45. The van der Waals surface area contributed by atoms with Gasteiger partial charge in [0.25, 0.3) is 5.91 Å². The molecular weight excluding hydrogens is 511 g/mol. The van der Waals surface area contributed by atoms with Gasteiger partial charge in [0.2, 0.25) is 0 Å². The predicted molar refractivity (Wildman–Crippen MR) is 132 cm³/mol. The molecular formula is C21H37IN6O3. The van der Waals surface area contributed by atoms with Crippen LogP contribution in [0.4, 0.5) is 4.79 Å². The Bertz CT molecular complexity index is 749. The fourth-order valence-corrected chi connectivity index (χ4v) is 3.44. The van der Waals surface area contributed by atoms with E-state index in [1.54, 1.807) is 6.92 Å². The van der Waals surface area contributed by atoms with Crippen molar-refractivity contribution in [2.45, 2.75) is 78.3 Å². The summed E-state index contributed by atoms with van der Waals surface area (Å²) in [6.45, 7) is 12.0. The molecule has 3 N–H and O–H groups in total. The molecule has 0 aromatic carbocycles. The Labute approximate surface area is 202 Å². The molecule has 1 unspecified atom stereocenters. The molecule has 2 heterocycles. The number of guanidine groups is 1. The van der Waals surface area contributed by atoms with Crippen molar-refractivity contribution in [3.8, 4) is 0 Å². The number of urea groups is 1. The van der Waals surface area contributed by atoms with E-state index in [0.717, 1.165) is 30.8 Å². The lowest BCUT2D eigenvalue weighted by Gasteiger charge is -2.19. The number of aromatic nitrogens is 1. The van der Waals surface area contributed by atoms with Gasteiger partial charge in [0.1, 0.15) is 12.1 Å². The summed E-state index contributed by atoms with van der Waals surface area (Å²) in [5, 5.41) is 13.4. The fraction of sp³-hybridized carbons (Fsp3) is 0.714. The minimum absolute atomic E-state index is 0. The summed E-state index contributed by atoms with van der Waals surface area (Å²) in [5.74, 6) is 1.65. The number of nitrogens with zero attached hydrogens (tertiary/aromatic N) is 3. The number of aliphatic imine (C=N–C) groups is 1. The van der Waals surface area contributed by atoms with Crippen molar-refractivity contribution in [2.24, 2.45) is 4.99 Å². The van der Waals surface area contributed by atoms with E-state index in [1.807, 2.05) is 19.9 Å². The molecule has 9 nitrogen and oxygen atoms in total. The van der Waals surface area contributed by atoms with Crippen LogP contribution < -0.4 is 16.0 Å². The summed E-state index contributed by atoms with van der Waals surface area (Å²) in [6, 6.07) is 1.66. The van der Waals surface area contributed by atoms with Gasteiger partial charge in [0.05, 0.1) is 5.69 Å². The van der Waals surface area contributed by atoms with Gasteiger partial charge in [-0.2, -0.15) is 0 Å². The summed E-state index contributed by atoms with van der Waals surface area (Å²) in [6.07, 6.45) is 3.27. The van der Waals surface area contributed by atoms with Crippen LogP contribution >= 0.6 is 24.0 Å². The molecule has 0 radical (unpaired) electrons. The normalized spacial score (nSPS) is 18.9. The van der Waals surface area contributed by atoms with Gasteiger partial charge >= 0.3 is 6.03 Å². The monoisotopic (exact) mass is 548 g/mol. The summed E-state index contributed by atoms with van der Waals surface area (Å²) in [4.78, 5) is 30.3. The molecule has 2 rings (SSSR count). The Morgan fingerprint density at radius 2 is 1.97 bits per heavy atom. The number of carbonyl (C=O) groups is 2. The quantitative estimate of drug-likeness (QED) is 0.129. The smallest absolute Gasteiger partial charge is 0.325 e. The third-order valence-corrected chi connectivity index (χ3v) is 5.62. The lowest BCUT2D eigenvalue weighted by Crippen LogP contribution is -2.43. The van der Waals surface area contributed by atoms with E-state index >= 15 is 0 Å². The maximum absolute atomic E-state index is 12.4. The number of carbonyl (C=O) groups excluding carboxylic acids is 2.